The van der Waals surface area contributed by atoms with Gasteiger partial charge in [-0.25, -0.2) is 4.39 Å². The number of aryl methyl sites for hydroxylation is 1. The van der Waals surface area contributed by atoms with E-state index in [9.17, 15) is 4.39 Å². The molecule has 0 unspecified atom stereocenters. The zero-order valence-electron chi connectivity index (χ0n) is 10.7. The Bertz CT molecular complexity index is 424. The number of rotatable bonds is 0. The molecule has 0 N–H and O–H groups in total. The lowest BCUT2D eigenvalue weighted by Crippen LogP contribution is -1.83. The second-order valence-electron chi connectivity index (χ2n) is 2.82. The van der Waals surface area contributed by atoms with Gasteiger partial charge in [-0.1, -0.05) is 33.8 Å². The Kier molecular flexibility index (Phi) is 7.10. The van der Waals surface area contributed by atoms with Gasteiger partial charge < -0.3 is 0 Å². The summed E-state index contributed by atoms with van der Waals surface area (Å²) in [4.78, 5) is 4.10. The Morgan fingerprint density at radius 3 is 2.31 bits per heavy atom. The van der Waals surface area contributed by atoms with Gasteiger partial charge >= 0.3 is 0 Å². The molecule has 0 atom stereocenters. The van der Waals surface area contributed by atoms with Gasteiger partial charge in [0.15, 0.2) is 0 Å². The van der Waals surface area contributed by atoms with Crippen molar-refractivity contribution in [3.8, 4) is 0 Å². The number of hydrogen-bond donors (Lipinski definition) is 0. The molecule has 0 aliphatic heterocycles. The molecule has 0 radical (unpaired) electrons. The van der Waals surface area contributed by atoms with Crippen LogP contribution in [0, 0.1) is 12.7 Å². The first-order valence-electron chi connectivity index (χ1n) is 5.78. The van der Waals surface area contributed by atoms with E-state index in [1.165, 1.54) is 6.07 Å². The summed E-state index contributed by atoms with van der Waals surface area (Å²) in [5, 5.41) is 0.595. The van der Waals surface area contributed by atoms with Crippen LogP contribution >= 0.6 is 0 Å². The minimum atomic E-state index is -0.205. The predicted molar refractivity (Wildman–Crippen MR) is 69.1 cm³/mol. The van der Waals surface area contributed by atoms with Crippen molar-refractivity contribution in [3.63, 3.8) is 0 Å². The van der Waals surface area contributed by atoms with Gasteiger partial charge in [-0.3, -0.25) is 4.98 Å². The molecule has 0 fully saturated rings. The van der Waals surface area contributed by atoms with E-state index in [-0.39, 0.29) is 5.82 Å². The summed E-state index contributed by atoms with van der Waals surface area (Å²) >= 11 is 0. The van der Waals surface area contributed by atoms with Crippen LogP contribution in [0.4, 0.5) is 4.39 Å². The second-order valence-corrected chi connectivity index (χ2v) is 2.82. The zero-order chi connectivity index (χ0) is 12.6. The lowest BCUT2D eigenvalue weighted by molar-refractivity contribution is 0.639. The highest BCUT2D eigenvalue weighted by atomic mass is 19.1. The first-order valence-corrected chi connectivity index (χ1v) is 5.78. The molecular weight excluding hydrogens is 201 g/mol. The van der Waals surface area contributed by atoms with Crippen LogP contribution in [-0.4, -0.2) is 4.98 Å². The van der Waals surface area contributed by atoms with Crippen molar-refractivity contribution in [1.29, 1.82) is 0 Å². The van der Waals surface area contributed by atoms with Crippen LogP contribution in [0.1, 0.15) is 33.3 Å². The normalized spacial score (nSPS) is 8.62. The fourth-order valence-electron chi connectivity index (χ4n) is 1.22. The van der Waals surface area contributed by atoms with E-state index < -0.39 is 0 Å². The summed E-state index contributed by atoms with van der Waals surface area (Å²) < 4.78 is 13.1. The first-order chi connectivity index (χ1) is 7.77. The van der Waals surface area contributed by atoms with Gasteiger partial charge in [-0.05, 0) is 30.7 Å². The van der Waals surface area contributed by atoms with Crippen LogP contribution < -0.4 is 0 Å². The number of benzene rings is 1. The Morgan fingerprint density at radius 1 is 1.06 bits per heavy atom. The summed E-state index contributed by atoms with van der Waals surface area (Å²) in [5.74, 6) is -0.205. The minimum absolute atomic E-state index is 0.205. The van der Waals surface area contributed by atoms with Gasteiger partial charge in [0, 0.05) is 11.6 Å². The Labute approximate surface area is 97.3 Å². The van der Waals surface area contributed by atoms with Gasteiger partial charge in [0.2, 0.25) is 0 Å². The van der Waals surface area contributed by atoms with Crippen LogP contribution in [0.15, 0.2) is 30.5 Å². The molecular formula is C14H20FN. The van der Waals surface area contributed by atoms with E-state index in [1.54, 1.807) is 24.4 Å². The summed E-state index contributed by atoms with van der Waals surface area (Å²) in [6.45, 7) is 9.90. The number of halogens is 1. The zero-order valence-corrected chi connectivity index (χ0v) is 10.7. The highest BCUT2D eigenvalue weighted by Gasteiger charge is 1.99. The number of nitrogens with zero attached hydrogens (tertiary/aromatic N) is 1. The largest absolute Gasteiger partial charge is 0.256 e. The fourth-order valence-corrected chi connectivity index (χ4v) is 1.22. The van der Waals surface area contributed by atoms with Crippen molar-refractivity contribution in [2.24, 2.45) is 0 Å². The third-order valence-corrected chi connectivity index (χ3v) is 1.81. The van der Waals surface area contributed by atoms with Crippen molar-refractivity contribution in [3.05, 3.63) is 41.8 Å². The maximum atomic E-state index is 13.1. The Hall–Kier alpha value is -1.44. The first kappa shape index (κ1) is 14.6. The summed E-state index contributed by atoms with van der Waals surface area (Å²) in [6, 6.07) is 6.72. The van der Waals surface area contributed by atoms with Crippen LogP contribution in [0.3, 0.4) is 0 Å². The van der Waals surface area contributed by atoms with E-state index in [4.69, 9.17) is 0 Å². The maximum Gasteiger partial charge on any atom is 0.132 e. The van der Waals surface area contributed by atoms with Gasteiger partial charge in [0.25, 0.3) is 0 Å². The smallest absolute Gasteiger partial charge is 0.132 e. The third kappa shape index (κ3) is 3.61. The van der Waals surface area contributed by atoms with Crippen LogP contribution in [0.25, 0.3) is 10.9 Å². The number of aromatic nitrogens is 1. The van der Waals surface area contributed by atoms with Crippen molar-refractivity contribution in [1.82, 2.24) is 4.98 Å². The molecule has 16 heavy (non-hydrogen) atoms. The lowest BCUT2D eigenvalue weighted by Gasteiger charge is -1.98. The van der Waals surface area contributed by atoms with Crippen molar-refractivity contribution in [2.75, 3.05) is 0 Å². The molecule has 0 bridgehead atoms. The average Bonchev–Trinajstić information content (AvgIpc) is 2.35. The highest BCUT2D eigenvalue weighted by molar-refractivity contribution is 5.79. The topological polar surface area (TPSA) is 12.9 Å². The molecule has 1 heterocycles. The summed E-state index contributed by atoms with van der Waals surface area (Å²) in [7, 11) is 0. The third-order valence-electron chi connectivity index (χ3n) is 1.81. The van der Waals surface area contributed by atoms with Crippen LogP contribution in [0.2, 0.25) is 0 Å². The molecule has 0 amide bonds. The molecule has 0 aliphatic carbocycles. The molecule has 1 aromatic heterocycles. The van der Waals surface area contributed by atoms with E-state index in [1.807, 2.05) is 34.6 Å². The average molecular weight is 221 g/mol. The molecule has 2 heteroatoms. The van der Waals surface area contributed by atoms with Gasteiger partial charge in [0.1, 0.15) is 5.82 Å². The lowest BCUT2D eigenvalue weighted by atomic mass is 10.2. The molecule has 0 saturated carbocycles. The number of hydrogen-bond acceptors (Lipinski definition) is 1. The molecule has 0 spiro atoms. The van der Waals surface area contributed by atoms with Crippen LogP contribution in [0.5, 0.6) is 0 Å². The predicted octanol–water partition coefficient (Wildman–Crippen LogP) is 4.73. The SMILES string of the molecule is CC.CC.Cc1cnc2cccc(F)c2c1. The molecule has 0 aliphatic rings. The van der Waals surface area contributed by atoms with Gasteiger partial charge in [-0.15, -0.1) is 0 Å². The van der Waals surface area contributed by atoms with Crippen LogP contribution in [-0.2, 0) is 0 Å². The second kappa shape index (κ2) is 7.80. The standard InChI is InChI=1S/C10H8FN.2C2H6/c1-7-5-8-9(11)3-2-4-10(8)12-6-7;2*1-2/h2-6H,1H3;2*1-2H3. The van der Waals surface area contributed by atoms with Gasteiger partial charge in [0.05, 0.1) is 5.52 Å². The quantitative estimate of drug-likeness (QED) is 0.626. The number of fused-ring (bicyclic) bond motifs is 1. The Balaban J connectivity index is 0.000000509. The van der Waals surface area contributed by atoms with E-state index >= 15 is 0 Å². The monoisotopic (exact) mass is 221 g/mol. The minimum Gasteiger partial charge on any atom is -0.256 e. The van der Waals surface area contributed by atoms with Crippen molar-refractivity contribution >= 4 is 10.9 Å². The van der Waals surface area contributed by atoms with E-state index in [2.05, 4.69) is 4.98 Å². The van der Waals surface area contributed by atoms with E-state index in [0.717, 1.165) is 5.56 Å². The molecule has 1 aromatic carbocycles. The van der Waals surface area contributed by atoms with E-state index in [0.29, 0.717) is 10.9 Å². The number of pyridine rings is 1. The molecule has 1 nitrogen and oxygen atoms in total. The van der Waals surface area contributed by atoms with Crippen molar-refractivity contribution in [2.45, 2.75) is 34.6 Å². The van der Waals surface area contributed by atoms with Gasteiger partial charge in [-0.2, -0.15) is 0 Å². The summed E-state index contributed by atoms with van der Waals surface area (Å²) in [5.41, 5.74) is 1.69. The molecule has 2 rings (SSSR count). The van der Waals surface area contributed by atoms with Crippen molar-refractivity contribution < 1.29 is 4.39 Å². The fraction of sp³-hybridized carbons (Fsp3) is 0.357. The Morgan fingerprint density at radius 2 is 1.69 bits per heavy atom. The molecule has 2 aromatic rings. The highest BCUT2D eigenvalue weighted by Crippen LogP contribution is 2.15. The molecule has 0 saturated heterocycles. The maximum absolute atomic E-state index is 13.1. The molecule has 88 valence electrons. The summed E-state index contributed by atoms with van der Waals surface area (Å²) in [6.07, 6.45) is 1.74.